The van der Waals surface area contributed by atoms with E-state index in [4.69, 9.17) is 12.2 Å². The Bertz CT molecular complexity index is 673. The minimum Gasteiger partial charge on any atom is -0.493 e. The standard InChI is InChI=1S/C13H14N4OS/c1-17-10-5-3-2-4-9(10)11(12(17)18)15-16-13(19)14-8-6-7-8/h2-5,8,18H,6-7H2,1H3,(H,14,19). The summed E-state index contributed by atoms with van der Waals surface area (Å²) < 4.78 is 1.68. The van der Waals surface area contributed by atoms with Gasteiger partial charge in [-0.1, -0.05) is 18.2 Å². The molecule has 1 heterocycles. The molecule has 1 aromatic carbocycles. The highest BCUT2D eigenvalue weighted by molar-refractivity contribution is 7.80. The van der Waals surface area contributed by atoms with E-state index in [-0.39, 0.29) is 5.88 Å². The molecule has 6 heteroatoms. The lowest BCUT2D eigenvalue weighted by Crippen LogP contribution is -2.20. The molecule has 1 aromatic heterocycles. The van der Waals surface area contributed by atoms with Gasteiger partial charge < -0.3 is 15.0 Å². The number of hydrogen-bond acceptors (Lipinski definition) is 3. The normalized spacial score (nSPS) is 15.2. The molecule has 0 unspecified atom stereocenters. The zero-order valence-corrected chi connectivity index (χ0v) is 11.3. The van der Waals surface area contributed by atoms with Gasteiger partial charge in [-0.15, -0.1) is 10.2 Å². The van der Waals surface area contributed by atoms with Crippen molar-refractivity contribution in [2.45, 2.75) is 18.9 Å². The van der Waals surface area contributed by atoms with Crippen LogP contribution >= 0.6 is 12.2 Å². The van der Waals surface area contributed by atoms with E-state index in [0.717, 1.165) is 23.7 Å². The molecule has 1 aliphatic rings. The van der Waals surface area contributed by atoms with Crippen LogP contribution in [0.15, 0.2) is 34.5 Å². The topological polar surface area (TPSA) is 61.9 Å². The Morgan fingerprint density at radius 1 is 1.42 bits per heavy atom. The maximum Gasteiger partial charge on any atom is 0.220 e. The maximum absolute atomic E-state index is 10.1. The highest BCUT2D eigenvalue weighted by Gasteiger charge is 2.21. The van der Waals surface area contributed by atoms with E-state index in [0.29, 0.717) is 16.8 Å². The van der Waals surface area contributed by atoms with Crippen LogP contribution in [0.1, 0.15) is 12.8 Å². The summed E-state index contributed by atoms with van der Waals surface area (Å²) in [6.45, 7) is 0. The van der Waals surface area contributed by atoms with Crippen LogP contribution in [0, 0.1) is 0 Å². The molecule has 3 rings (SSSR count). The second-order valence-corrected chi connectivity index (χ2v) is 5.06. The number of rotatable bonds is 2. The predicted octanol–water partition coefficient (Wildman–Crippen LogP) is 3.00. The molecule has 1 aliphatic carbocycles. The summed E-state index contributed by atoms with van der Waals surface area (Å²) >= 11 is 5.08. The summed E-state index contributed by atoms with van der Waals surface area (Å²) in [5.74, 6) is 0.0965. The molecule has 0 aliphatic heterocycles. The molecule has 0 radical (unpaired) electrons. The molecular weight excluding hydrogens is 260 g/mol. The lowest BCUT2D eigenvalue weighted by atomic mass is 10.2. The summed E-state index contributed by atoms with van der Waals surface area (Å²) in [6.07, 6.45) is 2.27. The number of nitrogens with zero attached hydrogens (tertiary/aromatic N) is 3. The van der Waals surface area contributed by atoms with Crippen LogP contribution in [0.5, 0.6) is 5.88 Å². The molecule has 5 nitrogen and oxygen atoms in total. The van der Waals surface area contributed by atoms with E-state index in [1.807, 2.05) is 24.3 Å². The lowest BCUT2D eigenvalue weighted by molar-refractivity contribution is 0.436. The van der Waals surface area contributed by atoms with E-state index in [2.05, 4.69) is 15.5 Å². The first-order valence-corrected chi connectivity index (χ1v) is 6.56. The van der Waals surface area contributed by atoms with Crippen molar-refractivity contribution in [3.63, 3.8) is 0 Å². The Morgan fingerprint density at radius 3 is 2.89 bits per heavy atom. The first-order chi connectivity index (χ1) is 9.16. The van der Waals surface area contributed by atoms with Gasteiger partial charge in [0.05, 0.1) is 5.52 Å². The van der Waals surface area contributed by atoms with Gasteiger partial charge in [0.1, 0.15) is 0 Å². The quantitative estimate of drug-likeness (QED) is 0.653. The van der Waals surface area contributed by atoms with Gasteiger partial charge >= 0.3 is 0 Å². The van der Waals surface area contributed by atoms with Crippen LogP contribution in [0.3, 0.4) is 0 Å². The van der Waals surface area contributed by atoms with Gasteiger partial charge in [0.25, 0.3) is 0 Å². The van der Waals surface area contributed by atoms with Gasteiger partial charge in [-0.05, 0) is 31.1 Å². The van der Waals surface area contributed by atoms with Gasteiger partial charge in [0, 0.05) is 18.5 Å². The fraction of sp³-hybridized carbons (Fsp3) is 0.308. The molecule has 1 saturated carbocycles. The Morgan fingerprint density at radius 2 is 2.16 bits per heavy atom. The molecule has 2 N–H and O–H groups in total. The van der Waals surface area contributed by atoms with Crippen LogP contribution in [0.2, 0.25) is 0 Å². The Balaban J connectivity index is 1.93. The number of hydrogen-bond donors (Lipinski definition) is 2. The average Bonchev–Trinajstić information content (AvgIpc) is 3.18. The highest BCUT2D eigenvalue weighted by atomic mass is 32.1. The van der Waals surface area contributed by atoms with E-state index in [9.17, 15) is 5.11 Å². The Kier molecular flexibility index (Phi) is 2.94. The molecule has 98 valence electrons. The number of aromatic hydroxyl groups is 1. The molecule has 0 bridgehead atoms. The molecule has 0 saturated heterocycles. The molecule has 19 heavy (non-hydrogen) atoms. The van der Waals surface area contributed by atoms with Crippen molar-refractivity contribution in [1.29, 1.82) is 0 Å². The third-order valence-corrected chi connectivity index (χ3v) is 3.40. The van der Waals surface area contributed by atoms with E-state index >= 15 is 0 Å². The minimum atomic E-state index is 0.0965. The van der Waals surface area contributed by atoms with Crippen LogP contribution in [-0.2, 0) is 7.05 Å². The second kappa shape index (κ2) is 4.62. The van der Waals surface area contributed by atoms with E-state index < -0.39 is 0 Å². The van der Waals surface area contributed by atoms with Crippen LogP contribution in [-0.4, -0.2) is 20.8 Å². The van der Waals surface area contributed by atoms with Crippen molar-refractivity contribution < 1.29 is 5.11 Å². The number of aryl methyl sites for hydroxylation is 1. The predicted molar refractivity (Wildman–Crippen MR) is 77.9 cm³/mol. The fourth-order valence-electron chi connectivity index (χ4n) is 1.98. The number of azo groups is 1. The molecule has 0 atom stereocenters. The molecular formula is C13H14N4OS. The average molecular weight is 274 g/mol. The van der Waals surface area contributed by atoms with E-state index in [1.165, 1.54) is 0 Å². The SMILES string of the molecule is Cn1c(O)c(N=NC(=S)NC2CC2)c2ccccc21. The zero-order chi connectivity index (χ0) is 13.4. The minimum absolute atomic E-state index is 0.0965. The van der Waals surface area contributed by atoms with Crippen LogP contribution in [0.4, 0.5) is 5.69 Å². The summed E-state index contributed by atoms with van der Waals surface area (Å²) in [4.78, 5) is 0. The Labute approximate surface area is 116 Å². The monoisotopic (exact) mass is 274 g/mol. The number of thiocarbonyl (C=S) groups is 1. The molecule has 0 spiro atoms. The number of aromatic nitrogens is 1. The number of para-hydroxylation sites is 1. The van der Waals surface area contributed by atoms with Crippen molar-refractivity contribution in [3.05, 3.63) is 24.3 Å². The number of fused-ring (bicyclic) bond motifs is 1. The van der Waals surface area contributed by atoms with Crippen molar-refractivity contribution in [3.8, 4) is 5.88 Å². The van der Waals surface area contributed by atoms with Gasteiger partial charge in [0.2, 0.25) is 11.0 Å². The van der Waals surface area contributed by atoms with Crippen LogP contribution < -0.4 is 5.32 Å². The summed E-state index contributed by atoms with van der Waals surface area (Å²) in [5, 5.41) is 22.4. The second-order valence-electron chi connectivity index (χ2n) is 4.67. The van der Waals surface area contributed by atoms with Gasteiger partial charge in [-0.3, -0.25) is 0 Å². The van der Waals surface area contributed by atoms with Crippen molar-refractivity contribution in [1.82, 2.24) is 9.88 Å². The number of nitrogens with one attached hydrogen (secondary N) is 1. The van der Waals surface area contributed by atoms with Crippen molar-refractivity contribution >= 4 is 33.9 Å². The van der Waals surface area contributed by atoms with Crippen LogP contribution in [0.25, 0.3) is 10.9 Å². The molecule has 1 fully saturated rings. The lowest BCUT2D eigenvalue weighted by Gasteiger charge is -1.98. The first-order valence-electron chi connectivity index (χ1n) is 6.15. The highest BCUT2D eigenvalue weighted by Crippen LogP contribution is 2.37. The van der Waals surface area contributed by atoms with Gasteiger partial charge in [0.15, 0.2) is 5.69 Å². The number of benzene rings is 1. The largest absolute Gasteiger partial charge is 0.493 e. The third kappa shape index (κ3) is 2.31. The van der Waals surface area contributed by atoms with Gasteiger partial charge in [-0.2, -0.15) is 0 Å². The van der Waals surface area contributed by atoms with Crippen molar-refractivity contribution in [2.75, 3.05) is 0 Å². The fourth-order valence-corrected chi connectivity index (χ4v) is 2.19. The Hall–Kier alpha value is -1.95. The summed E-state index contributed by atoms with van der Waals surface area (Å²) in [6, 6.07) is 8.10. The summed E-state index contributed by atoms with van der Waals surface area (Å²) in [7, 11) is 1.79. The van der Waals surface area contributed by atoms with Gasteiger partial charge in [-0.25, -0.2) is 0 Å². The third-order valence-electron chi connectivity index (χ3n) is 3.20. The maximum atomic E-state index is 10.1. The van der Waals surface area contributed by atoms with E-state index in [1.54, 1.807) is 11.6 Å². The smallest absolute Gasteiger partial charge is 0.220 e. The van der Waals surface area contributed by atoms with Crippen molar-refractivity contribution in [2.24, 2.45) is 17.3 Å². The summed E-state index contributed by atoms with van der Waals surface area (Å²) in [5.41, 5.74) is 1.37. The molecule has 0 amide bonds. The first kappa shape index (κ1) is 12.1. The molecule has 2 aromatic rings. The zero-order valence-electron chi connectivity index (χ0n) is 10.5.